The molecular weight excluding hydrogens is 426 g/mol. The van der Waals surface area contributed by atoms with Crippen molar-refractivity contribution in [3.05, 3.63) is 96.2 Å². The Hall–Kier alpha value is -4.39. The first kappa shape index (κ1) is 21.5. The summed E-state index contributed by atoms with van der Waals surface area (Å²) in [7, 11) is 0. The number of aromatic nitrogens is 2. The van der Waals surface area contributed by atoms with Crippen molar-refractivity contribution in [3.63, 3.8) is 0 Å². The number of para-hydroxylation sites is 1. The van der Waals surface area contributed by atoms with Gasteiger partial charge in [-0.15, -0.1) is 0 Å². The van der Waals surface area contributed by atoms with Gasteiger partial charge in [0.05, 0.1) is 22.8 Å². The predicted octanol–water partition coefficient (Wildman–Crippen LogP) is 4.49. The van der Waals surface area contributed by atoms with E-state index in [9.17, 15) is 9.59 Å². The molecule has 0 atom stereocenters. The molecule has 3 N–H and O–H groups in total. The Bertz CT molecular complexity index is 1330. The minimum Gasteiger partial charge on any atom is -0.370 e. The molecule has 2 heterocycles. The van der Waals surface area contributed by atoms with E-state index >= 15 is 0 Å². The van der Waals surface area contributed by atoms with Gasteiger partial charge in [0.25, 0.3) is 5.91 Å². The zero-order chi connectivity index (χ0) is 23.5. The molecule has 4 aromatic rings. The highest BCUT2D eigenvalue weighted by Crippen LogP contribution is 2.31. The highest BCUT2D eigenvalue weighted by molar-refractivity contribution is 6.07. The fourth-order valence-electron chi connectivity index (χ4n) is 4.27. The van der Waals surface area contributed by atoms with E-state index in [0.717, 1.165) is 42.9 Å². The van der Waals surface area contributed by atoms with Crippen molar-refractivity contribution in [2.24, 2.45) is 5.73 Å². The van der Waals surface area contributed by atoms with Crippen LogP contribution in [0.25, 0.3) is 16.9 Å². The van der Waals surface area contributed by atoms with Crippen molar-refractivity contribution in [1.29, 1.82) is 0 Å². The molecule has 0 spiro atoms. The molecule has 0 aliphatic carbocycles. The largest absolute Gasteiger partial charge is 0.370 e. The summed E-state index contributed by atoms with van der Waals surface area (Å²) in [4.78, 5) is 27.6. The Labute approximate surface area is 197 Å². The van der Waals surface area contributed by atoms with Gasteiger partial charge in [-0.3, -0.25) is 9.59 Å². The third kappa shape index (κ3) is 4.28. The lowest BCUT2D eigenvalue weighted by Gasteiger charge is -2.22. The van der Waals surface area contributed by atoms with Gasteiger partial charge in [-0.25, -0.2) is 4.68 Å². The normalized spacial score (nSPS) is 13.1. The zero-order valence-electron chi connectivity index (χ0n) is 18.6. The van der Waals surface area contributed by atoms with Crippen molar-refractivity contribution < 1.29 is 9.59 Å². The Kier molecular flexibility index (Phi) is 5.82. The molecule has 3 aromatic carbocycles. The molecule has 7 nitrogen and oxygen atoms in total. The van der Waals surface area contributed by atoms with Gasteiger partial charge in [0, 0.05) is 24.2 Å². The summed E-state index contributed by atoms with van der Waals surface area (Å²) < 4.78 is 1.64. The number of anilines is 2. The molecule has 0 bridgehead atoms. The molecule has 34 heavy (non-hydrogen) atoms. The third-order valence-electron chi connectivity index (χ3n) is 5.99. The van der Waals surface area contributed by atoms with Gasteiger partial charge in [-0.05, 0) is 49.2 Å². The number of carbonyl (C=O) groups excluding carboxylic acids is 2. The van der Waals surface area contributed by atoms with E-state index in [1.807, 2.05) is 66.7 Å². The lowest BCUT2D eigenvalue weighted by Crippen LogP contribution is -2.23. The van der Waals surface area contributed by atoms with Gasteiger partial charge in [0.15, 0.2) is 0 Å². The van der Waals surface area contributed by atoms with Gasteiger partial charge >= 0.3 is 0 Å². The number of primary amides is 1. The molecule has 1 aliphatic heterocycles. The first-order valence-corrected chi connectivity index (χ1v) is 11.3. The van der Waals surface area contributed by atoms with Crippen molar-refractivity contribution in [1.82, 2.24) is 9.78 Å². The Balaban J connectivity index is 1.56. The van der Waals surface area contributed by atoms with Gasteiger partial charge in [-0.1, -0.05) is 48.5 Å². The number of amides is 2. The lowest BCUT2D eigenvalue weighted by atomic mass is 10.1. The molecule has 1 aliphatic rings. The summed E-state index contributed by atoms with van der Waals surface area (Å²) in [6.07, 6.45) is 2.18. The average Bonchev–Trinajstić information content (AvgIpc) is 3.56. The maximum absolute atomic E-state index is 13.6. The van der Waals surface area contributed by atoms with E-state index in [0.29, 0.717) is 22.6 Å². The van der Waals surface area contributed by atoms with Crippen LogP contribution in [-0.2, 0) is 0 Å². The molecule has 2 amide bonds. The van der Waals surface area contributed by atoms with E-state index in [-0.39, 0.29) is 5.91 Å². The molecule has 170 valence electrons. The fourth-order valence-corrected chi connectivity index (χ4v) is 4.27. The Morgan fingerprint density at radius 2 is 1.53 bits per heavy atom. The monoisotopic (exact) mass is 451 g/mol. The van der Waals surface area contributed by atoms with E-state index in [2.05, 4.69) is 10.2 Å². The van der Waals surface area contributed by atoms with Gasteiger partial charge in [0.2, 0.25) is 5.91 Å². The standard InChI is InChI=1S/C27H25N5O2/c28-26(33)20-13-14-24(31-15-7-8-16-31)23(17-20)29-27(34)25-18-22(19-9-3-1-4-10-19)30-32(25)21-11-5-2-6-12-21/h1-6,9-14,17-18H,7-8,15-16H2,(H2,28,33)(H,29,34). The van der Waals surface area contributed by atoms with E-state index in [1.165, 1.54) is 0 Å². The van der Waals surface area contributed by atoms with Crippen LogP contribution in [0.4, 0.5) is 11.4 Å². The van der Waals surface area contributed by atoms with E-state index < -0.39 is 5.91 Å². The van der Waals surface area contributed by atoms with Gasteiger partial charge in [0.1, 0.15) is 5.69 Å². The smallest absolute Gasteiger partial charge is 0.274 e. The van der Waals surface area contributed by atoms with Crippen LogP contribution in [0.3, 0.4) is 0 Å². The number of rotatable bonds is 6. The Morgan fingerprint density at radius 1 is 0.853 bits per heavy atom. The van der Waals surface area contributed by atoms with Crippen LogP contribution in [0.1, 0.15) is 33.7 Å². The lowest BCUT2D eigenvalue weighted by molar-refractivity contribution is 0.0995. The molecule has 1 aromatic heterocycles. The predicted molar refractivity (Wildman–Crippen MR) is 133 cm³/mol. The zero-order valence-corrected chi connectivity index (χ0v) is 18.6. The van der Waals surface area contributed by atoms with Gasteiger partial charge in [-0.2, -0.15) is 5.10 Å². The summed E-state index contributed by atoms with van der Waals surface area (Å²) in [6, 6.07) is 26.3. The first-order valence-electron chi connectivity index (χ1n) is 11.3. The van der Waals surface area contributed by atoms with Crippen LogP contribution in [0.2, 0.25) is 0 Å². The van der Waals surface area contributed by atoms with Crippen LogP contribution < -0.4 is 16.0 Å². The van der Waals surface area contributed by atoms with Crippen LogP contribution in [0.5, 0.6) is 0 Å². The molecular formula is C27H25N5O2. The summed E-state index contributed by atoms with van der Waals surface area (Å²) in [5, 5.41) is 7.76. The number of hydrogen-bond acceptors (Lipinski definition) is 4. The van der Waals surface area contributed by atoms with E-state index in [1.54, 1.807) is 22.9 Å². The van der Waals surface area contributed by atoms with Crippen LogP contribution in [0.15, 0.2) is 84.9 Å². The van der Waals surface area contributed by atoms with Gasteiger partial charge < -0.3 is 16.0 Å². The minimum atomic E-state index is -0.538. The number of nitrogens with zero attached hydrogens (tertiary/aromatic N) is 3. The Morgan fingerprint density at radius 3 is 2.21 bits per heavy atom. The fraction of sp³-hybridized carbons (Fsp3) is 0.148. The molecule has 0 radical (unpaired) electrons. The molecule has 1 fully saturated rings. The molecule has 5 rings (SSSR count). The maximum atomic E-state index is 13.6. The second kappa shape index (κ2) is 9.23. The number of hydrogen-bond donors (Lipinski definition) is 2. The van der Waals surface area contributed by atoms with Crippen LogP contribution >= 0.6 is 0 Å². The first-order chi connectivity index (χ1) is 16.6. The number of nitrogens with two attached hydrogens (primary N) is 1. The molecule has 1 saturated heterocycles. The number of carbonyl (C=O) groups is 2. The second-order valence-corrected chi connectivity index (χ2v) is 8.27. The van der Waals surface area contributed by atoms with Crippen LogP contribution in [0, 0.1) is 0 Å². The average molecular weight is 452 g/mol. The number of nitrogens with one attached hydrogen (secondary N) is 1. The summed E-state index contributed by atoms with van der Waals surface area (Å²) in [5.74, 6) is -0.857. The topological polar surface area (TPSA) is 93.2 Å². The van der Waals surface area contributed by atoms with Crippen molar-refractivity contribution in [2.45, 2.75) is 12.8 Å². The van der Waals surface area contributed by atoms with Crippen molar-refractivity contribution in [3.8, 4) is 16.9 Å². The molecule has 0 unspecified atom stereocenters. The third-order valence-corrected chi connectivity index (χ3v) is 5.99. The highest BCUT2D eigenvalue weighted by Gasteiger charge is 2.22. The summed E-state index contributed by atoms with van der Waals surface area (Å²) in [6.45, 7) is 1.80. The van der Waals surface area contributed by atoms with Crippen LogP contribution in [-0.4, -0.2) is 34.7 Å². The summed E-state index contributed by atoms with van der Waals surface area (Å²) >= 11 is 0. The molecule has 0 saturated carbocycles. The highest BCUT2D eigenvalue weighted by atomic mass is 16.2. The number of benzene rings is 3. The molecule has 7 heteroatoms. The van der Waals surface area contributed by atoms with Crippen molar-refractivity contribution in [2.75, 3.05) is 23.3 Å². The maximum Gasteiger partial charge on any atom is 0.274 e. The van der Waals surface area contributed by atoms with Crippen molar-refractivity contribution >= 4 is 23.2 Å². The SMILES string of the molecule is NC(=O)c1ccc(N2CCCC2)c(NC(=O)c2cc(-c3ccccc3)nn2-c2ccccc2)c1. The second-order valence-electron chi connectivity index (χ2n) is 8.27. The minimum absolute atomic E-state index is 0.319. The quantitative estimate of drug-likeness (QED) is 0.452. The summed E-state index contributed by atoms with van der Waals surface area (Å²) in [5.41, 5.74) is 10.1. The van der Waals surface area contributed by atoms with E-state index in [4.69, 9.17) is 10.8 Å².